The van der Waals surface area contributed by atoms with Crippen LogP contribution in [0.25, 0.3) is 5.57 Å². The summed E-state index contributed by atoms with van der Waals surface area (Å²) < 4.78 is 0. The van der Waals surface area contributed by atoms with Gasteiger partial charge in [-0.05, 0) is 0 Å². The molecule has 1 rings (SSSR count). The molecule has 2 N–H and O–H groups in total. The maximum absolute atomic E-state index is 8.74. The Hall–Kier alpha value is -1.68. The highest BCUT2D eigenvalue weighted by molar-refractivity contribution is 5.69. The Kier molecular flexibility index (Phi) is 3.16. The molecule has 0 aromatic carbocycles. The molecule has 1 aromatic heterocycles. The van der Waals surface area contributed by atoms with Crippen LogP contribution in [0.2, 0.25) is 0 Å². The summed E-state index contributed by atoms with van der Waals surface area (Å²) in [7, 11) is 0. The van der Waals surface area contributed by atoms with Crippen LogP contribution in [0.5, 0.6) is 0 Å². The second kappa shape index (κ2) is 4.37. The van der Waals surface area contributed by atoms with Crippen molar-refractivity contribution in [3.63, 3.8) is 0 Å². The van der Waals surface area contributed by atoms with Gasteiger partial charge in [-0.25, -0.2) is 4.98 Å². The Labute approximate surface area is 76.3 Å². The van der Waals surface area contributed by atoms with Gasteiger partial charge in [-0.3, -0.25) is 5.10 Å². The summed E-state index contributed by atoms with van der Waals surface area (Å²) in [4.78, 5) is 4.01. The highest BCUT2D eigenvalue weighted by atomic mass is 16.3. The third kappa shape index (κ3) is 2.13. The van der Waals surface area contributed by atoms with E-state index < -0.39 is 0 Å². The van der Waals surface area contributed by atoms with Crippen molar-refractivity contribution in [2.45, 2.75) is 6.61 Å². The number of aromatic nitrogens is 3. The molecule has 0 saturated heterocycles. The maximum Gasteiger partial charge on any atom is 0.181 e. The number of aliphatic hydroxyl groups excluding tert-OH is 1. The van der Waals surface area contributed by atoms with Crippen molar-refractivity contribution >= 4 is 5.57 Å². The lowest BCUT2D eigenvalue weighted by atomic mass is 10.2. The van der Waals surface area contributed by atoms with Crippen molar-refractivity contribution < 1.29 is 5.11 Å². The lowest BCUT2D eigenvalue weighted by molar-refractivity contribution is 0.272. The van der Waals surface area contributed by atoms with Crippen LogP contribution < -0.4 is 0 Å². The monoisotopic (exact) mass is 177 g/mol. The lowest BCUT2D eigenvalue weighted by Gasteiger charge is -1.90. The van der Waals surface area contributed by atoms with Crippen LogP contribution in [0, 0.1) is 0 Å². The van der Waals surface area contributed by atoms with E-state index in [1.54, 1.807) is 18.2 Å². The van der Waals surface area contributed by atoms with Crippen molar-refractivity contribution in [2.75, 3.05) is 0 Å². The lowest BCUT2D eigenvalue weighted by Crippen LogP contribution is -1.86. The molecule has 4 nitrogen and oxygen atoms in total. The molecule has 1 heterocycles. The van der Waals surface area contributed by atoms with E-state index in [0.29, 0.717) is 11.6 Å². The highest BCUT2D eigenvalue weighted by Gasteiger charge is 2.03. The predicted molar refractivity (Wildman–Crippen MR) is 50.7 cm³/mol. The maximum atomic E-state index is 8.74. The molecule has 0 saturated carbocycles. The Bertz CT molecular complexity index is 338. The zero-order valence-corrected chi connectivity index (χ0v) is 7.20. The van der Waals surface area contributed by atoms with Crippen molar-refractivity contribution in [2.24, 2.45) is 0 Å². The van der Waals surface area contributed by atoms with Gasteiger partial charge >= 0.3 is 0 Å². The molecular weight excluding hydrogens is 166 g/mol. The molecule has 0 unspecified atom stereocenters. The third-order valence-corrected chi connectivity index (χ3v) is 1.46. The first-order valence-electron chi connectivity index (χ1n) is 3.79. The molecule has 0 aliphatic carbocycles. The van der Waals surface area contributed by atoms with Crippen molar-refractivity contribution in [1.29, 1.82) is 0 Å². The van der Waals surface area contributed by atoms with E-state index in [-0.39, 0.29) is 6.61 Å². The molecule has 0 atom stereocenters. The molecule has 0 aliphatic heterocycles. The van der Waals surface area contributed by atoms with Crippen LogP contribution in [-0.2, 0) is 6.61 Å². The summed E-state index contributed by atoms with van der Waals surface area (Å²) in [5.74, 6) is 0.950. The number of H-pyrrole nitrogens is 1. The van der Waals surface area contributed by atoms with E-state index in [1.807, 2.05) is 0 Å². The fourth-order valence-corrected chi connectivity index (χ4v) is 0.856. The van der Waals surface area contributed by atoms with Gasteiger partial charge in [0.15, 0.2) is 11.6 Å². The SMILES string of the molecule is C=C/C=C(\C=C)c1n[nH]c(CO)n1. The molecule has 0 fully saturated rings. The summed E-state index contributed by atoms with van der Waals surface area (Å²) >= 11 is 0. The van der Waals surface area contributed by atoms with Crippen LogP contribution >= 0.6 is 0 Å². The Morgan fingerprint density at radius 1 is 1.54 bits per heavy atom. The quantitative estimate of drug-likeness (QED) is 0.676. The number of hydrogen-bond donors (Lipinski definition) is 2. The number of rotatable bonds is 4. The van der Waals surface area contributed by atoms with Crippen LogP contribution in [0.1, 0.15) is 11.6 Å². The first-order valence-corrected chi connectivity index (χ1v) is 3.79. The van der Waals surface area contributed by atoms with Crippen molar-refractivity contribution in [3.8, 4) is 0 Å². The van der Waals surface area contributed by atoms with Gasteiger partial charge in [0.25, 0.3) is 0 Å². The zero-order valence-electron chi connectivity index (χ0n) is 7.20. The van der Waals surface area contributed by atoms with Crippen LogP contribution in [0.4, 0.5) is 0 Å². The Morgan fingerprint density at radius 2 is 2.31 bits per heavy atom. The Morgan fingerprint density at radius 3 is 2.77 bits per heavy atom. The summed E-state index contributed by atoms with van der Waals surface area (Å²) in [6.45, 7) is 7.03. The Balaban J connectivity index is 2.98. The van der Waals surface area contributed by atoms with E-state index in [2.05, 4.69) is 28.3 Å². The highest BCUT2D eigenvalue weighted by Crippen LogP contribution is 2.09. The average molecular weight is 177 g/mol. The molecule has 4 heteroatoms. The first-order chi connectivity index (χ1) is 6.31. The van der Waals surface area contributed by atoms with E-state index in [0.717, 1.165) is 5.57 Å². The van der Waals surface area contributed by atoms with Gasteiger partial charge in [0, 0.05) is 5.57 Å². The van der Waals surface area contributed by atoms with Gasteiger partial charge in [-0.15, -0.1) is 0 Å². The fourth-order valence-electron chi connectivity index (χ4n) is 0.856. The molecule has 0 radical (unpaired) electrons. The molecule has 0 spiro atoms. The van der Waals surface area contributed by atoms with E-state index in [1.165, 1.54) is 0 Å². The predicted octanol–water partition coefficient (Wildman–Crippen LogP) is 1.05. The minimum Gasteiger partial charge on any atom is -0.388 e. The van der Waals surface area contributed by atoms with Crippen LogP contribution in [-0.4, -0.2) is 20.3 Å². The third-order valence-electron chi connectivity index (χ3n) is 1.46. The molecular formula is C9H11N3O. The second-order valence-corrected chi connectivity index (χ2v) is 2.33. The molecule has 0 amide bonds. The minimum absolute atomic E-state index is 0.147. The number of allylic oxidation sites excluding steroid dienone is 4. The van der Waals surface area contributed by atoms with Crippen molar-refractivity contribution in [3.05, 3.63) is 43.0 Å². The minimum atomic E-state index is -0.147. The summed E-state index contributed by atoms with van der Waals surface area (Å²) in [5.41, 5.74) is 0.769. The standard InChI is InChI=1S/C9H11N3O/c1-3-5-7(4-2)9-10-8(6-13)11-12-9/h3-5,13H,1-2,6H2,(H,10,11,12)/b7-5+. The zero-order chi connectivity index (χ0) is 9.68. The van der Waals surface area contributed by atoms with E-state index >= 15 is 0 Å². The van der Waals surface area contributed by atoms with E-state index in [4.69, 9.17) is 5.11 Å². The summed E-state index contributed by atoms with van der Waals surface area (Å²) in [6, 6.07) is 0. The average Bonchev–Trinajstić information content (AvgIpc) is 2.62. The largest absolute Gasteiger partial charge is 0.388 e. The van der Waals surface area contributed by atoms with Gasteiger partial charge in [-0.1, -0.05) is 31.4 Å². The first kappa shape index (κ1) is 9.41. The van der Waals surface area contributed by atoms with E-state index in [9.17, 15) is 0 Å². The smallest absolute Gasteiger partial charge is 0.181 e. The van der Waals surface area contributed by atoms with Crippen LogP contribution in [0.15, 0.2) is 31.4 Å². The molecule has 13 heavy (non-hydrogen) atoms. The number of hydrogen-bond acceptors (Lipinski definition) is 3. The topological polar surface area (TPSA) is 61.8 Å². The summed E-state index contributed by atoms with van der Waals surface area (Å²) in [6.07, 6.45) is 5.01. The number of nitrogens with one attached hydrogen (secondary N) is 1. The molecule has 0 aliphatic rings. The van der Waals surface area contributed by atoms with Gasteiger partial charge in [0.05, 0.1) is 0 Å². The number of aromatic amines is 1. The number of nitrogens with zero attached hydrogens (tertiary/aromatic N) is 2. The van der Waals surface area contributed by atoms with Crippen LogP contribution in [0.3, 0.4) is 0 Å². The molecule has 1 aromatic rings. The normalized spacial score (nSPS) is 11.3. The van der Waals surface area contributed by atoms with Crippen molar-refractivity contribution in [1.82, 2.24) is 15.2 Å². The van der Waals surface area contributed by atoms with Gasteiger partial charge in [0.2, 0.25) is 0 Å². The molecule has 68 valence electrons. The van der Waals surface area contributed by atoms with Gasteiger partial charge in [0.1, 0.15) is 6.61 Å². The fraction of sp³-hybridized carbons (Fsp3) is 0.111. The van der Waals surface area contributed by atoms with Gasteiger partial charge in [-0.2, -0.15) is 5.10 Å². The number of aliphatic hydroxyl groups is 1. The molecule has 0 bridgehead atoms. The van der Waals surface area contributed by atoms with Gasteiger partial charge < -0.3 is 5.11 Å². The summed E-state index contributed by atoms with van der Waals surface area (Å²) in [5, 5.41) is 15.2. The second-order valence-electron chi connectivity index (χ2n) is 2.33.